The molecule has 44 heavy (non-hydrogen) atoms. The molecule has 0 aromatic heterocycles. The molecule has 0 radical (unpaired) electrons. The molecule has 1 aliphatic heterocycles. The maximum absolute atomic E-state index is 14.5. The molecule has 1 atom stereocenters. The lowest BCUT2D eigenvalue weighted by Crippen LogP contribution is -2.44. The number of nitrogens with zero attached hydrogens (tertiary/aromatic N) is 1. The lowest BCUT2D eigenvalue weighted by molar-refractivity contribution is -0.143. The van der Waals surface area contributed by atoms with E-state index in [-0.39, 0.29) is 35.4 Å². The van der Waals surface area contributed by atoms with E-state index in [4.69, 9.17) is 0 Å². The number of benzene rings is 2. The first-order valence-corrected chi connectivity index (χ1v) is 15.9. The van der Waals surface area contributed by atoms with Crippen LogP contribution < -0.4 is 0 Å². The van der Waals surface area contributed by atoms with Crippen molar-refractivity contribution in [1.82, 2.24) is 4.90 Å². The molecule has 2 aromatic carbocycles. The van der Waals surface area contributed by atoms with E-state index in [9.17, 15) is 28.3 Å². The fourth-order valence-electron chi connectivity index (χ4n) is 5.43. The van der Waals surface area contributed by atoms with Gasteiger partial charge in [-0.05, 0) is 37.1 Å². The number of carboxylic acid groups (broad SMARTS) is 1. The van der Waals surface area contributed by atoms with E-state index in [0.29, 0.717) is 0 Å². The van der Waals surface area contributed by atoms with E-state index >= 15 is 0 Å². The summed E-state index contributed by atoms with van der Waals surface area (Å²) < 4.78 is 28.9. The lowest BCUT2D eigenvalue weighted by atomic mass is 9.92. The van der Waals surface area contributed by atoms with Gasteiger partial charge >= 0.3 is 5.97 Å². The van der Waals surface area contributed by atoms with Gasteiger partial charge in [0.2, 0.25) is 5.91 Å². The number of Topliss-reactive ketones (excluding diaryl/α,β-unsaturated/α-hetero) is 1. The van der Waals surface area contributed by atoms with Crippen LogP contribution in [0.1, 0.15) is 95.1 Å². The Morgan fingerprint density at radius 1 is 0.795 bits per heavy atom. The average Bonchev–Trinajstić information content (AvgIpc) is 3.00. The number of piperidine rings is 1. The predicted octanol–water partition coefficient (Wildman–Crippen LogP) is 8.80. The van der Waals surface area contributed by atoms with Gasteiger partial charge in [-0.2, -0.15) is 0 Å². The number of ketones is 1. The van der Waals surface area contributed by atoms with Crippen LogP contribution in [-0.2, 0) is 14.4 Å². The fourth-order valence-corrected chi connectivity index (χ4v) is 5.43. The first-order valence-electron chi connectivity index (χ1n) is 15.9. The van der Waals surface area contributed by atoms with E-state index in [1.165, 1.54) is 98.4 Å². The molecule has 0 spiro atoms. The average molecular weight is 606 g/mol. The molecule has 2 aromatic rings. The zero-order chi connectivity index (χ0) is 31.7. The van der Waals surface area contributed by atoms with Crippen molar-refractivity contribution in [2.24, 2.45) is 5.92 Å². The van der Waals surface area contributed by atoms with Crippen molar-refractivity contribution in [3.8, 4) is 0 Å². The number of hydrogen-bond donors (Lipinski definition) is 1. The minimum Gasteiger partial charge on any atom is -0.481 e. The van der Waals surface area contributed by atoms with E-state index < -0.39 is 41.6 Å². The van der Waals surface area contributed by atoms with E-state index in [1.54, 1.807) is 18.2 Å². The highest BCUT2D eigenvalue weighted by atomic mass is 19.1. The van der Waals surface area contributed by atoms with Gasteiger partial charge in [-0.15, -0.1) is 0 Å². The predicted molar refractivity (Wildman–Crippen MR) is 172 cm³/mol. The second-order valence-electron chi connectivity index (χ2n) is 11.5. The number of carbonyl (C=O) groups is 3. The van der Waals surface area contributed by atoms with Gasteiger partial charge in [0.1, 0.15) is 11.6 Å². The minimum atomic E-state index is -1.11. The summed E-state index contributed by atoms with van der Waals surface area (Å²) in [5.41, 5.74) is 0.712. The van der Waals surface area contributed by atoms with Gasteiger partial charge in [-0.3, -0.25) is 14.4 Å². The molecule has 1 amide bonds. The number of rotatable bonds is 17. The Hall–Kier alpha value is -3.87. The van der Waals surface area contributed by atoms with Gasteiger partial charge in [0, 0.05) is 35.4 Å². The number of carbonyl (C=O) groups excluding carboxylic acids is 2. The Bertz CT molecular complexity index is 1280. The van der Waals surface area contributed by atoms with Crippen molar-refractivity contribution in [3.05, 3.63) is 94.6 Å². The van der Waals surface area contributed by atoms with Crippen LogP contribution in [0.3, 0.4) is 0 Å². The molecule has 1 unspecified atom stereocenters. The third-order valence-electron chi connectivity index (χ3n) is 7.89. The van der Waals surface area contributed by atoms with E-state index in [0.717, 1.165) is 25.7 Å². The number of allylic oxidation sites excluding steroid dienone is 1. The SMILES string of the molecule is CCCCCCCCCCCC/C=C/C(CC(=O)O)C(=O)N1C/C(=C\c2ccccc2F)C(=O)/C(=C/c2ccccc2F)C1. The summed E-state index contributed by atoms with van der Waals surface area (Å²) >= 11 is 0. The second-order valence-corrected chi connectivity index (χ2v) is 11.5. The van der Waals surface area contributed by atoms with Crippen molar-refractivity contribution < 1.29 is 28.3 Å². The van der Waals surface area contributed by atoms with Gasteiger partial charge in [0.15, 0.2) is 5.78 Å². The molecule has 1 saturated heterocycles. The molecule has 236 valence electrons. The molecule has 5 nitrogen and oxygen atoms in total. The van der Waals surface area contributed by atoms with Crippen LogP contribution in [0.25, 0.3) is 12.2 Å². The number of unbranched alkanes of at least 4 members (excludes halogenated alkanes) is 10. The first kappa shape index (κ1) is 34.6. The van der Waals surface area contributed by atoms with Crippen LogP contribution in [-0.4, -0.2) is 40.8 Å². The second kappa shape index (κ2) is 18.7. The number of halogens is 2. The Morgan fingerprint density at radius 2 is 1.27 bits per heavy atom. The normalized spacial score (nSPS) is 16.2. The van der Waals surface area contributed by atoms with Crippen LogP contribution >= 0.6 is 0 Å². The zero-order valence-corrected chi connectivity index (χ0v) is 25.8. The topological polar surface area (TPSA) is 74.7 Å². The van der Waals surface area contributed by atoms with Gasteiger partial charge in [0.25, 0.3) is 0 Å². The summed E-state index contributed by atoms with van der Waals surface area (Å²) in [5, 5.41) is 9.55. The van der Waals surface area contributed by atoms with E-state index in [2.05, 4.69) is 6.92 Å². The molecule has 1 aliphatic rings. The summed E-state index contributed by atoms with van der Waals surface area (Å²) in [6, 6.07) is 12.0. The molecule has 0 aliphatic carbocycles. The molecule has 1 heterocycles. The summed E-state index contributed by atoms with van der Waals surface area (Å²) in [4.78, 5) is 40.2. The highest BCUT2D eigenvalue weighted by molar-refractivity contribution is 6.15. The maximum atomic E-state index is 14.5. The van der Waals surface area contributed by atoms with Crippen molar-refractivity contribution in [2.45, 2.75) is 84.0 Å². The highest BCUT2D eigenvalue weighted by Crippen LogP contribution is 2.26. The lowest BCUT2D eigenvalue weighted by Gasteiger charge is -2.32. The summed E-state index contributed by atoms with van der Waals surface area (Å²) in [7, 11) is 0. The first-order chi connectivity index (χ1) is 21.3. The van der Waals surface area contributed by atoms with Crippen LogP contribution in [0.15, 0.2) is 71.8 Å². The third-order valence-corrected chi connectivity index (χ3v) is 7.89. The highest BCUT2D eigenvalue weighted by Gasteiger charge is 2.33. The van der Waals surface area contributed by atoms with E-state index in [1.807, 2.05) is 6.08 Å². The fraction of sp³-hybridized carbons (Fsp3) is 0.432. The third kappa shape index (κ3) is 11.3. The van der Waals surface area contributed by atoms with Gasteiger partial charge in [-0.1, -0.05) is 113 Å². The summed E-state index contributed by atoms with van der Waals surface area (Å²) in [5.74, 6) is -3.92. The molecular formula is C37H45F2NO4. The quantitative estimate of drug-likeness (QED) is 0.111. The van der Waals surface area contributed by atoms with Gasteiger partial charge < -0.3 is 10.0 Å². The number of carboxylic acids is 1. The van der Waals surface area contributed by atoms with Crippen LogP contribution in [0.4, 0.5) is 8.78 Å². The van der Waals surface area contributed by atoms with Gasteiger partial charge in [0.05, 0.1) is 12.3 Å². The molecule has 1 N–H and O–H groups in total. The van der Waals surface area contributed by atoms with Gasteiger partial charge in [-0.25, -0.2) is 8.78 Å². The molecule has 3 rings (SSSR count). The minimum absolute atomic E-state index is 0.108. The Balaban J connectivity index is 1.71. The monoisotopic (exact) mass is 605 g/mol. The molecule has 0 bridgehead atoms. The number of hydrogen-bond acceptors (Lipinski definition) is 3. The number of aliphatic carboxylic acids is 1. The maximum Gasteiger partial charge on any atom is 0.304 e. The summed E-state index contributed by atoms with van der Waals surface area (Å²) in [6.07, 6.45) is 18.8. The van der Waals surface area contributed by atoms with Crippen LogP contribution in [0.5, 0.6) is 0 Å². The van der Waals surface area contributed by atoms with Crippen molar-refractivity contribution >= 4 is 29.8 Å². The molecular weight excluding hydrogens is 560 g/mol. The smallest absolute Gasteiger partial charge is 0.304 e. The molecule has 0 saturated carbocycles. The zero-order valence-electron chi connectivity index (χ0n) is 25.8. The van der Waals surface area contributed by atoms with Crippen molar-refractivity contribution in [3.63, 3.8) is 0 Å². The molecule has 1 fully saturated rings. The Labute approximate surface area is 260 Å². The number of likely N-dealkylation sites (tertiary alicyclic amines) is 1. The van der Waals surface area contributed by atoms with Crippen molar-refractivity contribution in [2.75, 3.05) is 13.1 Å². The Morgan fingerprint density at radius 3 is 1.75 bits per heavy atom. The standard InChI is InChI=1S/C37H45F2NO4/c1-2-3-4-5-6-7-8-9-10-11-12-13-20-30(25-35(41)42)37(44)40-26-31(23-28-18-14-16-21-33(28)38)36(43)32(27-40)24-29-19-15-17-22-34(29)39/h13-24,30H,2-12,25-27H2,1H3,(H,41,42)/b20-13+,31-23+,32-24+. The largest absolute Gasteiger partial charge is 0.481 e. The van der Waals surface area contributed by atoms with Crippen LogP contribution in [0.2, 0.25) is 0 Å². The Kier molecular flexibility index (Phi) is 14.7. The van der Waals surface area contributed by atoms with Crippen LogP contribution in [0, 0.1) is 17.6 Å². The molecule has 7 heteroatoms. The number of amides is 1. The summed E-state index contributed by atoms with van der Waals surface area (Å²) in [6.45, 7) is 2.00. The van der Waals surface area contributed by atoms with Crippen molar-refractivity contribution in [1.29, 1.82) is 0 Å².